The Kier molecular flexibility index (Phi) is 3.72. The van der Waals surface area contributed by atoms with E-state index < -0.39 is 18.4 Å². The predicted molar refractivity (Wildman–Crippen MR) is 63.8 cm³/mol. The second-order valence-corrected chi connectivity index (χ2v) is 4.38. The molecule has 1 fully saturated rings. The van der Waals surface area contributed by atoms with Crippen LogP contribution in [0.25, 0.3) is 0 Å². The SMILES string of the molecule is COc1ccc(C#CC2(OCC(F)(F)F)CC2)cc1. The van der Waals surface area contributed by atoms with Crippen LogP contribution < -0.4 is 4.74 Å². The molecule has 0 aromatic heterocycles. The van der Waals surface area contributed by atoms with Gasteiger partial charge in [-0.1, -0.05) is 11.8 Å². The quantitative estimate of drug-likeness (QED) is 0.785. The summed E-state index contributed by atoms with van der Waals surface area (Å²) in [6.45, 7) is -1.25. The molecule has 1 aromatic carbocycles. The van der Waals surface area contributed by atoms with Gasteiger partial charge in [0.2, 0.25) is 0 Å². The topological polar surface area (TPSA) is 18.5 Å². The molecular weight excluding hydrogens is 257 g/mol. The molecule has 0 saturated heterocycles. The van der Waals surface area contributed by atoms with E-state index in [9.17, 15) is 13.2 Å². The van der Waals surface area contributed by atoms with Gasteiger partial charge in [-0.25, -0.2) is 0 Å². The van der Waals surface area contributed by atoms with Gasteiger partial charge in [0, 0.05) is 5.56 Å². The van der Waals surface area contributed by atoms with Gasteiger partial charge in [-0.2, -0.15) is 13.2 Å². The van der Waals surface area contributed by atoms with Crippen LogP contribution in [-0.4, -0.2) is 25.5 Å². The Morgan fingerprint density at radius 1 is 1.21 bits per heavy atom. The maximum absolute atomic E-state index is 12.1. The van der Waals surface area contributed by atoms with Crippen LogP contribution in [0.15, 0.2) is 24.3 Å². The van der Waals surface area contributed by atoms with Crippen molar-refractivity contribution in [3.05, 3.63) is 29.8 Å². The first kappa shape index (κ1) is 13.8. The van der Waals surface area contributed by atoms with Gasteiger partial charge in [-0.3, -0.25) is 0 Å². The largest absolute Gasteiger partial charge is 0.497 e. The van der Waals surface area contributed by atoms with Crippen LogP contribution >= 0.6 is 0 Å². The molecule has 102 valence electrons. The van der Waals surface area contributed by atoms with E-state index in [1.807, 2.05) is 0 Å². The van der Waals surface area contributed by atoms with Crippen LogP contribution in [0.5, 0.6) is 5.75 Å². The Balaban J connectivity index is 1.98. The third-order valence-electron chi connectivity index (χ3n) is 2.74. The molecule has 0 bridgehead atoms. The van der Waals surface area contributed by atoms with Crippen LogP contribution in [0.2, 0.25) is 0 Å². The van der Waals surface area contributed by atoms with Gasteiger partial charge in [0.1, 0.15) is 18.0 Å². The first-order valence-corrected chi connectivity index (χ1v) is 5.80. The molecule has 2 nitrogen and oxygen atoms in total. The second kappa shape index (κ2) is 5.14. The summed E-state index contributed by atoms with van der Waals surface area (Å²) in [5.41, 5.74) is -0.183. The highest BCUT2D eigenvalue weighted by Crippen LogP contribution is 2.40. The zero-order chi connectivity index (χ0) is 13.9. The lowest BCUT2D eigenvalue weighted by Gasteiger charge is -2.11. The molecule has 5 heteroatoms. The average Bonchev–Trinajstić information content (AvgIpc) is 3.15. The van der Waals surface area contributed by atoms with Crippen molar-refractivity contribution in [1.29, 1.82) is 0 Å². The van der Waals surface area contributed by atoms with Gasteiger partial charge in [0.25, 0.3) is 0 Å². The lowest BCUT2D eigenvalue weighted by atomic mass is 10.2. The minimum atomic E-state index is -4.31. The number of methoxy groups -OCH3 is 1. The zero-order valence-corrected chi connectivity index (χ0v) is 10.4. The molecule has 0 amide bonds. The molecule has 0 heterocycles. The maximum atomic E-state index is 12.1. The Morgan fingerprint density at radius 3 is 2.32 bits per heavy atom. The Bertz CT molecular complexity index is 490. The van der Waals surface area contributed by atoms with Gasteiger partial charge in [-0.15, -0.1) is 0 Å². The minimum Gasteiger partial charge on any atom is -0.497 e. The number of ether oxygens (including phenoxy) is 2. The fourth-order valence-electron chi connectivity index (χ4n) is 1.50. The Hall–Kier alpha value is -1.67. The summed E-state index contributed by atoms with van der Waals surface area (Å²) in [5, 5.41) is 0. The van der Waals surface area contributed by atoms with E-state index in [2.05, 4.69) is 11.8 Å². The molecule has 1 saturated carbocycles. The molecule has 19 heavy (non-hydrogen) atoms. The summed E-state index contributed by atoms with van der Waals surface area (Å²) in [6, 6.07) is 7.01. The number of hydrogen-bond acceptors (Lipinski definition) is 2. The second-order valence-electron chi connectivity index (χ2n) is 4.38. The fourth-order valence-corrected chi connectivity index (χ4v) is 1.50. The van der Waals surface area contributed by atoms with Crippen molar-refractivity contribution in [2.24, 2.45) is 0 Å². The van der Waals surface area contributed by atoms with Crippen LogP contribution in [0, 0.1) is 11.8 Å². The maximum Gasteiger partial charge on any atom is 0.411 e. The Labute approximate surface area is 109 Å². The fraction of sp³-hybridized carbons (Fsp3) is 0.429. The van der Waals surface area contributed by atoms with Crippen LogP contribution in [-0.2, 0) is 4.74 Å². The van der Waals surface area contributed by atoms with Crippen molar-refractivity contribution in [2.75, 3.05) is 13.7 Å². The van der Waals surface area contributed by atoms with Gasteiger partial charge in [0.05, 0.1) is 7.11 Å². The third-order valence-corrected chi connectivity index (χ3v) is 2.74. The van der Waals surface area contributed by atoms with E-state index in [0.29, 0.717) is 18.6 Å². The highest BCUT2D eigenvalue weighted by Gasteiger charge is 2.45. The van der Waals surface area contributed by atoms with Gasteiger partial charge in [0.15, 0.2) is 0 Å². The van der Waals surface area contributed by atoms with Crippen LogP contribution in [0.3, 0.4) is 0 Å². The first-order valence-electron chi connectivity index (χ1n) is 5.80. The molecule has 0 unspecified atom stereocenters. The zero-order valence-electron chi connectivity index (χ0n) is 10.4. The van der Waals surface area contributed by atoms with Crippen molar-refractivity contribution >= 4 is 0 Å². The molecule has 1 aliphatic rings. The van der Waals surface area contributed by atoms with Crippen molar-refractivity contribution in [1.82, 2.24) is 0 Å². The van der Waals surface area contributed by atoms with Gasteiger partial charge in [-0.05, 0) is 37.1 Å². The van der Waals surface area contributed by atoms with E-state index >= 15 is 0 Å². The summed E-state index contributed by atoms with van der Waals surface area (Å²) in [6.07, 6.45) is -3.21. The lowest BCUT2D eigenvalue weighted by molar-refractivity contribution is -0.183. The molecule has 1 aromatic rings. The van der Waals surface area contributed by atoms with Crippen LogP contribution in [0.4, 0.5) is 13.2 Å². The van der Waals surface area contributed by atoms with Crippen molar-refractivity contribution in [3.63, 3.8) is 0 Å². The average molecular weight is 270 g/mol. The predicted octanol–water partition coefficient (Wildman–Crippen LogP) is 3.16. The lowest BCUT2D eigenvalue weighted by Crippen LogP contribution is -2.23. The molecule has 0 N–H and O–H groups in total. The Morgan fingerprint density at radius 2 is 1.84 bits per heavy atom. The monoisotopic (exact) mass is 270 g/mol. The summed E-state index contributed by atoms with van der Waals surface area (Å²) in [5.74, 6) is 6.33. The molecule has 2 rings (SSSR count). The highest BCUT2D eigenvalue weighted by atomic mass is 19.4. The molecule has 0 radical (unpaired) electrons. The van der Waals surface area contributed by atoms with E-state index in [4.69, 9.17) is 9.47 Å². The standard InChI is InChI=1S/C14H13F3O2/c1-18-12-4-2-11(3-5-12)6-7-13(8-9-13)19-10-14(15,16)17/h2-5H,8-10H2,1H3. The van der Waals surface area contributed by atoms with Crippen LogP contribution in [0.1, 0.15) is 18.4 Å². The summed E-state index contributed by atoms with van der Waals surface area (Å²) < 4.78 is 46.1. The van der Waals surface area contributed by atoms with Crippen molar-refractivity contribution < 1.29 is 22.6 Å². The number of rotatable bonds is 3. The van der Waals surface area contributed by atoms with E-state index in [1.54, 1.807) is 31.4 Å². The highest BCUT2D eigenvalue weighted by molar-refractivity contribution is 5.41. The smallest absolute Gasteiger partial charge is 0.411 e. The normalized spacial score (nSPS) is 16.4. The summed E-state index contributed by atoms with van der Waals surface area (Å²) in [7, 11) is 1.56. The minimum absolute atomic E-state index is 0.548. The molecule has 1 aliphatic carbocycles. The summed E-state index contributed by atoms with van der Waals surface area (Å²) >= 11 is 0. The van der Waals surface area contributed by atoms with Gasteiger partial charge < -0.3 is 9.47 Å². The molecular formula is C14H13F3O2. The summed E-state index contributed by atoms with van der Waals surface area (Å²) in [4.78, 5) is 0. The number of benzene rings is 1. The van der Waals surface area contributed by atoms with Crippen molar-refractivity contribution in [2.45, 2.75) is 24.6 Å². The number of halogens is 3. The van der Waals surface area contributed by atoms with E-state index in [0.717, 1.165) is 5.56 Å². The first-order chi connectivity index (χ1) is 8.92. The van der Waals surface area contributed by atoms with E-state index in [-0.39, 0.29) is 0 Å². The molecule has 0 aliphatic heterocycles. The number of hydrogen-bond donors (Lipinski definition) is 0. The van der Waals surface area contributed by atoms with E-state index in [1.165, 1.54) is 0 Å². The van der Waals surface area contributed by atoms with Crippen molar-refractivity contribution in [3.8, 4) is 17.6 Å². The third kappa shape index (κ3) is 4.18. The van der Waals surface area contributed by atoms with Gasteiger partial charge >= 0.3 is 6.18 Å². The molecule has 0 spiro atoms. The number of alkyl halides is 3. The molecule has 0 atom stereocenters.